The van der Waals surface area contributed by atoms with E-state index >= 15 is 0 Å². The Balaban J connectivity index is 2.20. The second-order valence-electron chi connectivity index (χ2n) is 4.88. The fourth-order valence-corrected chi connectivity index (χ4v) is 2.98. The third-order valence-electron chi connectivity index (χ3n) is 3.65. The smallest absolute Gasteiger partial charge is 0.169 e. The Labute approximate surface area is 126 Å². The van der Waals surface area contributed by atoms with E-state index in [4.69, 9.17) is 4.42 Å². The molecule has 0 bridgehead atoms. The van der Waals surface area contributed by atoms with Crippen molar-refractivity contribution >= 4 is 26.7 Å². The van der Waals surface area contributed by atoms with Crippen LogP contribution in [0.4, 0.5) is 0 Å². The van der Waals surface area contributed by atoms with Crippen LogP contribution in [0.2, 0.25) is 0 Å². The Morgan fingerprint density at radius 3 is 2.40 bits per heavy atom. The van der Waals surface area contributed by atoms with Gasteiger partial charge in [-0.3, -0.25) is 0 Å². The average Bonchev–Trinajstić information content (AvgIpc) is 2.89. The average molecular weight is 330 g/mol. The van der Waals surface area contributed by atoms with Gasteiger partial charge in [-0.2, -0.15) is 0 Å². The number of furan rings is 1. The molecule has 3 aromatic rings. The van der Waals surface area contributed by atoms with Gasteiger partial charge in [0.05, 0.1) is 6.04 Å². The van der Waals surface area contributed by atoms with Gasteiger partial charge >= 0.3 is 0 Å². The maximum absolute atomic E-state index is 5.72. The van der Waals surface area contributed by atoms with Crippen LogP contribution in [0, 0.1) is 6.92 Å². The van der Waals surface area contributed by atoms with E-state index in [1.807, 2.05) is 19.2 Å². The molecule has 0 radical (unpaired) electrons. The molecule has 2 aromatic carbocycles. The highest BCUT2D eigenvalue weighted by atomic mass is 79.9. The molecule has 0 aliphatic heterocycles. The number of aryl methyl sites for hydroxylation is 1. The number of hydrogen-bond donors (Lipinski definition) is 1. The summed E-state index contributed by atoms with van der Waals surface area (Å²) in [5, 5.41) is 5.90. The van der Waals surface area contributed by atoms with E-state index < -0.39 is 0 Å². The summed E-state index contributed by atoms with van der Waals surface area (Å²) in [4.78, 5) is 0. The molecular formula is C17H16BrNO. The van der Waals surface area contributed by atoms with Crippen molar-refractivity contribution in [1.29, 1.82) is 0 Å². The van der Waals surface area contributed by atoms with Crippen LogP contribution in [0.3, 0.4) is 0 Å². The largest absolute Gasteiger partial charge is 0.452 e. The molecule has 3 heteroatoms. The molecule has 102 valence electrons. The summed E-state index contributed by atoms with van der Waals surface area (Å²) in [6, 6.07) is 16.8. The van der Waals surface area contributed by atoms with Crippen molar-refractivity contribution in [3.63, 3.8) is 0 Å². The first kappa shape index (κ1) is 13.4. The number of rotatable bonds is 3. The molecule has 1 atom stereocenters. The molecule has 1 aromatic heterocycles. The Hall–Kier alpha value is -1.58. The van der Waals surface area contributed by atoms with Gasteiger partial charge in [-0.1, -0.05) is 36.4 Å². The Morgan fingerprint density at radius 1 is 1.00 bits per heavy atom. The highest BCUT2D eigenvalue weighted by Crippen LogP contribution is 2.32. The van der Waals surface area contributed by atoms with Crippen LogP contribution < -0.4 is 5.32 Å². The number of benzene rings is 2. The third-order valence-corrected chi connectivity index (χ3v) is 4.08. The van der Waals surface area contributed by atoms with Crippen LogP contribution in [-0.2, 0) is 0 Å². The van der Waals surface area contributed by atoms with E-state index in [0.717, 1.165) is 10.4 Å². The van der Waals surface area contributed by atoms with Crippen molar-refractivity contribution in [2.24, 2.45) is 0 Å². The van der Waals surface area contributed by atoms with Gasteiger partial charge in [0, 0.05) is 0 Å². The summed E-state index contributed by atoms with van der Waals surface area (Å²) in [6.45, 7) is 2.14. The minimum atomic E-state index is 0.0480. The van der Waals surface area contributed by atoms with E-state index in [-0.39, 0.29) is 6.04 Å². The predicted molar refractivity (Wildman–Crippen MR) is 86.0 cm³/mol. The first-order chi connectivity index (χ1) is 9.70. The molecule has 0 fully saturated rings. The van der Waals surface area contributed by atoms with Crippen molar-refractivity contribution in [2.75, 3.05) is 7.05 Å². The summed E-state index contributed by atoms with van der Waals surface area (Å²) in [7, 11) is 1.95. The van der Waals surface area contributed by atoms with E-state index in [9.17, 15) is 0 Å². The highest BCUT2D eigenvalue weighted by Gasteiger charge is 2.18. The summed E-state index contributed by atoms with van der Waals surface area (Å²) in [5.74, 6) is 0.911. The highest BCUT2D eigenvalue weighted by molar-refractivity contribution is 9.10. The molecule has 0 amide bonds. The maximum atomic E-state index is 5.72. The SMILES string of the molecule is CNC(c1ccc(Br)o1)c1ccc(C)c2ccccc12. The number of hydrogen-bond acceptors (Lipinski definition) is 2. The molecule has 0 saturated heterocycles. The van der Waals surface area contributed by atoms with Crippen LogP contribution in [0.15, 0.2) is 57.6 Å². The molecule has 3 rings (SSSR count). The lowest BCUT2D eigenvalue weighted by molar-refractivity contribution is 0.448. The van der Waals surface area contributed by atoms with Crippen molar-refractivity contribution < 1.29 is 4.42 Å². The van der Waals surface area contributed by atoms with Gasteiger partial charge in [-0.25, -0.2) is 0 Å². The Kier molecular flexibility index (Phi) is 3.64. The van der Waals surface area contributed by atoms with Gasteiger partial charge in [0.15, 0.2) is 4.67 Å². The van der Waals surface area contributed by atoms with Crippen molar-refractivity contribution in [1.82, 2.24) is 5.32 Å². The number of fused-ring (bicyclic) bond motifs is 1. The maximum Gasteiger partial charge on any atom is 0.169 e. The predicted octanol–water partition coefficient (Wildman–Crippen LogP) is 4.81. The van der Waals surface area contributed by atoms with Crippen molar-refractivity contribution in [3.8, 4) is 0 Å². The normalized spacial score (nSPS) is 12.8. The summed E-state index contributed by atoms with van der Waals surface area (Å²) in [5.41, 5.74) is 2.52. The summed E-state index contributed by atoms with van der Waals surface area (Å²) in [6.07, 6.45) is 0. The summed E-state index contributed by atoms with van der Waals surface area (Å²) >= 11 is 3.37. The minimum absolute atomic E-state index is 0.0480. The molecule has 0 aliphatic carbocycles. The molecule has 0 saturated carbocycles. The van der Waals surface area contributed by atoms with Gasteiger partial charge < -0.3 is 9.73 Å². The monoisotopic (exact) mass is 329 g/mol. The van der Waals surface area contributed by atoms with Gasteiger partial charge in [0.25, 0.3) is 0 Å². The van der Waals surface area contributed by atoms with E-state index in [1.54, 1.807) is 0 Å². The zero-order valence-corrected chi connectivity index (χ0v) is 13.1. The lowest BCUT2D eigenvalue weighted by Crippen LogP contribution is -2.17. The Bertz CT molecular complexity index is 748. The molecule has 1 heterocycles. The zero-order chi connectivity index (χ0) is 14.1. The molecule has 1 N–H and O–H groups in total. The van der Waals surface area contributed by atoms with E-state index in [2.05, 4.69) is 64.6 Å². The fraction of sp³-hybridized carbons (Fsp3) is 0.176. The third kappa shape index (κ3) is 2.28. The zero-order valence-electron chi connectivity index (χ0n) is 11.5. The van der Waals surface area contributed by atoms with Gasteiger partial charge in [0.2, 0.25) is 0 Å². The quantitative estimate of drug-likeness (QED) is 0.745. The Morgan fingerprint density at radius 2 is 1.75 bits per heavy atom. The second kappa shape index (κ2) is 5.43. The van der Waals surface area contributed by atoms with Gasteiger partial charge in [-0.15, -0.1) is 0 Å². The molecule has 0 spiro atoms. The number of nitrogens with one attached hydrogen (secondary N) is 1. The van der Waals surface area contributed by atoms with Crippen LogP contribution >= 0.6 is 15.9 Å². The van der Waals surface area contributed by atoms with E-state index in [1.165, 1.54) is 21.9 Å². The minimum Gasteiger partial charge on any atom is -0.452 e. The topological polar surface area (TPSA) is 25.2 Å². The van der Waals surface area contributed by atoms with Crippen molar-refractivity contribution in [2.45, 2.75) is 13.0 Å². The van der Waals surface area contributed by atoms with E-state index in [0.29, 0.717) is 0 Å². The standard InChI is InChI=1S/C17H16BrNO/c1-11-7-8-14(13-6-4-3-5-12(11)13)17(19-2)15-9-10-16(18)20-15/h3-10,17,19H,1-2H3. The molecular weight excluding hydrogens is 314 g/mol. The molecule has 20 heavy (non-hydrogen) atoms. The lowest BCUT2D eigenvalue weighted by atomic mass is 9.95. The molecule has 0 aliphatic rings. The second-order valence-corrected chi connectivity index (χ2v) is 5.66. The van der Waals surface area contributed by atoms with Crippen LogP contribution in [0.1, 0.15) is 22.9 Å². The first-order valence-corrected chi connectivity index (χ1v) is 7.40. The number of halogens is 1. The fourth-order valence-electron chi connectivity index (χ4n) is 2.66. The van der Waals surface area contributed by atoms with Crippen LogP contribution in [-0.4, -0.2) is 7.05 Å². The first-order valence-electron chi connectivity index (χ1n) is 6.61. The van der Waals surface area contributed by atoms with Gasteiger partial charge in [0.1, 0.15) is 5.76 Å². The molecule has 2 nitrogen and oxygen atoms in total. The van der Waals surface area contributed by atoms with Crippen molar-refractivity contribution in [3.05, 3.63) is 70.1 Å². The lowest BCUT2D eigenvalue weighted by Gasteiger charge is -2.17. The van der Waals surface area contributed by atoms with Crippen LogP contribution in [0.5, 0.6) is 0 Å². The summed E-state index contributed by atoms with van der Waals surface area (Å²) < 4.78 is 6.48. The molecule has 1 unspecified atom stereocenters. The van der Waals surface area contributed by atoms with Crippen LogP contribution in [0.25, 0.3) is 10.8 Å². The van der Waals surface area contributed by atoms with Gasteiger partial charge in [-0.05, 0) is 63.9 Å².